The zero-order valence-electron chi connectivity index (χ0n) is 10.3. The third-order valence-corrected chi connectivity index (χ3v) is 2.68. The van der Waals surface area contributed by atoms with Crippen molar-refractivity contribution >= 4 is 17.3 Å². The summed E-state index contributed by atoms with van der Waals surface area (Å²) < 4.78 is 13.3. The van der Waals surface area contributed by atoms with Crippen molar-refractivity contribution < 1.29 is 9.18 Å². The minimum absolute atomic E-state index is 0.225. The van der Waals surface area contributed by atoms with E-state index in [0.717, 1.165) is 0 Å². The second kappa shape index (κ2) is 5.45. The van der Waals surface area contributed by atoms with E-state index in [1.54, 1.807) is 19.1 Å². The minimum Gasteiger partial charge on any atom is -0.323 e. The van der Waals surface area contributed by atoms with E-state index in [2.05, 4.69) is 15.7 Å². The van der Waals surface area contributed by atoms with Crippen molar-refractivity contribution in [2.24, 2.45) is 5.84 Å². The van der Waals surface area contributed by atoms with Crippen molar-refractivity contribution in [1.82, 2.24) is 4.98 Å². The Balaban J connectivity index is 2.18. The molecule has 1 aromatic heterocycles. The van der Waals surface area contributed by atoms with Crippen molar-refractivity contribution in [2.45, 2.75) is 6.92 Å². The van der Waals surface area contributed by atoms with Crippen LogP contribution in [-0.4, -0.2) is 10.9 Å². The van der Waals surface area contributed by atoms with Gasteiger partial charge in [-0.15, -0.1) is 0 Å². The van der Waals surface area contributed by atoms with Crippen LogP contribution in [0, 0.1) is 12.7 Å². The Morgan fingerprint density at radius 2 is 2.11 bits per heavy atom. The van der Waals surface area contributed by atoms with Gasteiger partial charge in [0, 0.05) is 11.3 Å². The Morgan fingerprint density at radius 1 is 1.32 bits per heavy atom. The molecule has 2 rings (SSSR count). The first kappa shape index (κ1) is 13.0. The average Bonchev–Trinajstić information content (AvgIpc) is 2.44. The van der Waals surface area contributed by atoms with Crippen molar-refractivity contribution in [2.75, 3.05) is 10.7 Å². The van der Waals surface area contributed by atoms with E-state index in [1.165, 1.54) is 24.4 Å². The number of hydrogen-bond donors (Lipinski definition) is 3. The SMILES string of the molecule is Cc1c(F)cccc1NC(=O)c1ccc(NN)cn1. The number of anilines is 2. The van der Waals surface area contributed by atoms with E-state index in [1.807, 2.05) is 0 Å². The average molecular weight is 260 g/mol. The Morgan fingerprint density at radius 3 is 2.74 bits per heavy atom. The number of nitrogens with two attached hydrogens (primary N) is 1. The monoisotopic (exact) mass is 260 g/mol. The predicted molar refractivity (Wildman–Crippen MR) is 71.1 cm³/mol. The van der Waals surface area contributed by atoms with Gasteiger partial charge in [-0.2, -0.15) is 0 Å². The summed E-state index contributed by atoms with van der Waals surface area (Å²) in [5.74, 6) is 4.43. The summed E-state index contributed by atoms with van der Waals surface area (Å²) in [5.41, 5.74) is 4.05. The van der Waals surface area contributed by atoms with Crippen LogP contribution >= 0.6 is 0 Å². The normalized spacial score (nSPS) is 10.1. The van der Waals surface area contributed by atoms with Crippen molar-refractivity contribution in [3.05, 3.63) is 53.6 Å². The molecule has 6 heteroatoms. The van der Waals surface area contributed by atoms with Gasteiger partial charge in [0.25, 0.3) is 5.91 Å². The summed E-state index contributed by atoms with van der Waals surface area (Å²) in [6, 6.07) is 7.66. The lowest BCUT2D eigenvalue weighted by atomic mass is 10.2. The number of hydrazine groups is 1. The molecular formula is C13H13FN4O. The number of hydrogen-bond acceptors (Lipinski definition) is 4. The van der Waals surface area contributed by atoms with Gasteiger partial charge in [-0.05, 0) is 31.2 Å². The van der Waals surface area contributed by atoms with Crippen LogP contribution in [0.1, 0.15) is 16.1 Å². The standard InChI is InChI=1S/C13H13FN4O/c1-8-10(14)3-2-4-11(8)17-13(19)12-6-5-9(18-15)7-16-12/h2-7,18H,15H2,1H3,(H,17,19). The number of rotatable bonds is 3. The number of benzene rings is 1. The first-order valence-electron chi connectivity index (χ1n) is 5.61. The topological polar surface area (TPSA) is 80.0 Å². The number of nitrogens with one attached hydrogen (secondary N) is 2. The number of halogens is 1. The van der Waals surface area contributed by atoms with Gasteiger partial charge in [-0.3, -0.25) is 10.6 Å². The molecule has 1 aromatic carbocycles. The van der Waals surface area contributed by atoms with Gasteiger partial charge in [-0.1, -0.05) is 6.07 Å². The van der Waals surface area contributed by atoms with E-state index >= 15 is 0 Å². The molecule has 0 unspecified atom stereocenters. The number of amides is 1. The van der Waals surface area contributed by atoms with E-state index in [0.29, 0.717) is 16.9 Å². The lowest BCUT2D eigenvalue weighted by Gasteiger charge is -2.08. The van der Waals surface area contributed by atoms with Gasteiger partial charge in [0.1, 0.15) is 11.5 Å². The van der Waals surface area contributed by atoms with E-state index in [-0.39, 0.29) is 11.5 Å². The largest absolute Gasteiger partial charge is 0.323 e. The molecule has 0 radical (unpaired) electrons. The summed E-state index contributed by atoms with van der Waals surface area (Å²) >= 11 is 0. The predicted octanol–water partition coefficient (Wildman–Crippen LogP) is 2.07. The van der Waals surface area contributed by atoms with Crippen LogP contribution in [0.2, 0.25) is 0 Å². The number of pyridine rings is 1. The molecule has 0 aliphatic heterocycles. The maximum Gasteiger partial charge on any atom is 0.274 e. The van der Waals surface area contributed by atoms with Crippen molar-refractivity contribution in [1.29, 1.82) is 0 Å². The highest BCUT2D eigenvalue weighted by molar-refractivity contribution is 6.03. The molecule has 98 valence electrons. The first-order chi connectivity index (χ1) is 9.11. The first-order valence-corrected chi connectivity index (χ1v) is 5.61. The van der Waals surface area contributed by atoms with Crippen LogP contribution in [0.3, 0.4) is 0 Å². The fourth-order valence-corrected chi connectivity index (χ4v) is 1.54. The van der Waals surface area contributed by atoms with Crippen LogP contribution in [0.15, 0.2) is 36.5 Å². The van der Waals surface area contributed by atoms with Gasteiger partial charge < -0.3 is 10.7 Å². The zero-order valence-corrected chi connectivity index (χ0v) is 10.3. The van der Waals surface area contributed by atoms with Gasteiger partial charge in [0.2, 0.25) is 0 Å². The second-order valence-corrected chi connectivity index (χ2v) is 3.94. The van der Waals surface area contributed by atoms with Gasteiger partial charge in [-0.25, -0.2) is 9.37 Å². The number of aromatic nitrogens is 1. The van der Waals surface area contributed by atoms with Crippen molar-refractivity contribution in [3.8, 4) is 0 Å². The maximum atomic E-state index is 13.3. The highest BCUT2D eigenvalue weighted by Gasteiger charge is 2.10. The molecule has 2 aromatic rings. The lowest BCUT2D eigenvalue weighted by molar-refractivity contribution is 0.102. The molecule has 0 saturated heterocycles. The van der Waals surface area contributed by atoms with Crippen LogP contribution < -0.4 is 16.6 Å². The Labute approximate surface area is 109 Å². The molecule has 5 nitrogen and oxygen atoms in total. The fraction of sp³-hybridized carbons (Fsp3) is 0.0769. The highest BCUT2D eigenvalue weighted by atomic mass is 19.1. The number of carbonyl (C=O) groups excluding carboxylic acids is 1. The van der Waals surface area contributed by atoms with E-state index < -0.39 is 5.91 Å². The molecule has 1 amide bonds. The van der Waals surface area contributed by atoms with Gasteiger partial charge >= 0.3 is 0 Å². The van der Waals surface area contributed by atoms with Gasteiger partial charge in [0.15, 0.2) is 0 Å². The quantitative estimate of drug-likeness (QED) is 0.583. The van der Waals surface area contributed by atoms with E-state index in [9.17, 15) is 9.18 Å². The molecule has 0 aliphatic rings. The van der Waals surface area contributed by atoms with Crippen LogP contribution in [0.5, 0.6) is 0 Å². The van der Waals surface area contributed by atoms with Gasteiger partial charge in [0.05, 0.1) is 11.9 Å². The maximum absolute atomic E-state index is 13.3. The Bertz CT molecular complexity index is 598. The molecule has 0 spiro atoms. The molecular weight excluding hydrogens is 247 g/mol. The number of nitrogen functional groups attached to an aromatic ring is 1. The van der Waals surface area contributed by atoms with Crippen LogP contribution in [0.4, 0.5) is 15.8 Å². The lowest BCUT2D eigenvalue weighted by Crippen LogP contribution is -2.15. The number of nitrogens with zero attached hydrogens (tertiary/aromatic N) is 1. The number of carbonyl (C=O) groups is 1. The molecule has 0 atom stereocenters. The molecule has 4 N–H and O–H groups in total. The fourth-order valence-electron chi connectivity index (χ4n) is 1.54. The molecule has 0 fully saturated rings. The molecule has 0 saturated carbocycles. The summed E-state index contributed by atoms with van der Waals surface area (Å²) in [5, 5.41) is 2.61. The third kappa shape index (κ3) is 2.86. The summed E-state index contributed by atoms with van der Waals surface area (Å²) in [7, 11) is 0. The summed E-state index contributed by atoms with van der Waals surface area (Å²) in [4.78, 5) is 15.9. The van der Waals surface area contributed by atoms with Crippen LogP contribution in [0.25, 0.3) is 0 Å². The van der Waals surface area contributed by atoms with Crippen molar-refractivity contribution in [3.63, 3.8) is 0 Å². The summed E-state index contributed by atoms with van der Waals surface area (Å²) in [6.45, 7) is 1.60. The smallest absolute Gasteiger partial charge is 0.274 e. The zero-order chi connectivity index (χ0) is 13.8. The third-order valence-electron chi connectivity index (χ3n) is 2.68. The molecule has 1 heterocycles. The molecule has 0 aliphatic carbocycles. The molecule has 0 bridgehead atoms. The molecule has 19 heavy (non-hydrogen) atoms. The summed E-state index contributed by atoms with van der Waals surface area (Å²) in [6.07, 6.45) is 1.44. The highest BCUT2D eigenvalue weighted by Crippen LogP contribution is 2.18. The minimum atomic E-state index is -0.405. The Kier molecular flexibility index (Phi) is 3.72. The Hall–Kier alpha value is -2.47. The van der Waals surface area contributed by atoms with E-state index in [4.69, 9.17) is 5.84 Å². The van der Waals surface area contributed by atoms with Crippen LogP contribution in [-0.2, 0) is 0 Å². The second-order valence-electron chi connectivity index (χ2n) is 3.94.